The summed E-state index contributed by atoms with van der Waals surface area (Å²) in [6.07, 6.45) is -0.298. The number of aromatic nitrogens is 1. The zero-order valence-electron chi connectivity index (χ0n) is 20.4. The van der Waals surface area contributed by atoms with Gasteiger partial charge in [0.15, 0.2) is 12.0 Å². The summed E-state index contributed by atoms with van der Waals surface area (Å²) in [6, 6.07) is 8.93. The van der Waals surface area contributed by atoms with Crippen LogP contribution >= 0.6 is 11.6 Å². The lowest BCUT2D eigenvalue weighted by molar-refractivity contribution is -0.137. The van der Waals surface area contributed by atoms with Gasteiger partial charge in [0.05, 0.1) is 11.3 Å². The van der Waals surface area contributed by atoms with E-state index in [0.717, 1.165) is 54.8 Å². The Balaban J connectivity index is 1.51. The minimum absolute atomic E-state index is 0.0706. The van der Waals surface area contributed by atoms with Crippen LogP contribution in [0.1, 0.15) is 56.7 Å². The van der Waals surface area contributed by atoms with Crippen molar-refractivity contribution in [2.24, 2.45) is 9.98 Å². The molecule has 0 bridgehead atoms. The maximum absolute atomic E-state index is 13.0. The Morgan fingerprint density at radius 1 is 1.19 bits per heavy atom. The lowest BCUT2D eigenvalue weighted by Crippen LogP contribution is -2.31. The number of nitrogens with one attached hydrogen (secondary N) is 1. The van der Waals surface area contributed by atoms with Crippen molar-refractivity contribution < 1.29 is 17.9 Å². The predicted octanol–water partition coefficient (Wildman–Crippen LogP) is 6.58. The van der Waals surface area contributed by atoms with Crippen LogP contribution in [0.2, 0.25) is 0 Å². The van der Waals surface area contributed by atoms with Crippen LogP contribution in [0.15, 0.2) is 64.0 Å². The van der Waals surface area contributed by atoms with E-state index in [4.69, 9.17) is 21.3 Å². The van der Waals surface area contributed by atoms with Crippen LogP contribution in [-0.4, -0.2) is 39.8 Å². The van der Waals surface area contributed by atoms with Gasteiger partial charge in [-0.1, -0.05) is 32.4 Å². The Morgan fingerprint density at radius 3 is 2.67 bits per heavy atom. The van der Waals surface area contributed by atoms with E-state index in [9.17, 15) is 13.2 Å². The largest absolute Gasteiger partial charge is 0.416 e. The van der Waals surface area contributed by atoms with E-state index in [1.54, 1.807) is 18.3 Å². The maximum atomic E-state index is 13.0. The van der Waals surface area contributed by atoms with Crippen molar-refractivity contribution in [1.82, 2.24) is 9.88 Å². The van der Waals surface area contributed by atoms with Crippen molar-refractivity contribution in [2.45, 2.75) is 65.1 Å². The van der Waals surface area contributed by atoms with Gasteiger partial charge in [0.25, 0.3) is 0 Å². The zero-order chi connectivity index (χ0) is 25.9. The third kappa shape index (κ3) is 6.07. The first-order valence-corrected chi connectivity index (χ1v) is 12.4. The van der Waals surface area contributed by atoms with E-state index in [1.807, 2.05) is 17.9 Å². The summed E-state index contributed by atoms with van der Waals surface area (Å²) in [4.78, 5) is 15.9. The number of halogens is 4. The van der Waals surface area contributed by atoms with Gasteiger partial charge in [0, 0.05) is 30.4 Å². The minimum atomic E-state index is -4.37. The number of ether oxygens (including phenoxy) is 1. The van der Waals surface area contributed by atoms with Crippen LogP contribution in [0.25, 0.3) is 0 Å². The lowest BCUT2D eigenvalue weighted by Gasteiger charge is -2.18. The summed E-state index contributed by atoms with van der Waals surface area (Å²) in [5, 5.41) is 3.46. The molecule has 2 aliphatic heterocycles. The molecule has 2 aromatic rings. The second-order valence-electron chi connectivity index (χ2n) is 8.82. The van der Waals surface area contributed by atoms with Crippen molar-refractivity contribution in [3.63, 3.8) is 0 Å². The molecule has 6 nitrogen and oxygen atoms in total. The Bertz CT molecular complexity index is 1180. The molecule has 2 atom stereocenters. The first-order valence-electron chi connectivity index (χ1n) is 12.0. The lowest BCUT2D eigenvalue weighted by atomic mass is 10.1. The van der Waals surface area contributed by atoms with Gasteiger partial charge in [0.1, 0.15) is 11.9 Å². The molecule has 4 rings (SSSR count). The van der Waals surface area contributed by atoms with E-state index < -0.39 is 11.7 Å². The fraction of sp³-hybridized carbons (Fsp3) is 0.423. The van der Waals surface area contributed by atoms with Gasteiger partial charge < -0.3 is 15.0 Å². The Hall–Kier alpha value is -2.91. The van der Waals surface area contributed by atoms with Crippen LogP contribution in [0, 0.1) is 0 Å². The smallest absolute Gasteiger partial charge is 0.366 e. The molecule has 0 amide bonds. The third-order valence-corrected chi connectivity index (χ3v) is 6.31. The van der Waals surface area contributed by atoms with Crippen molar-refractivity contribution in [3.05, 3.63) is 70.7 Å². The van der Waals surface area contributed by atoms with Gasteiger partial charge in [-0.05, 0) is 61.2 Å². The zero-order valence-corrected chi connectivity index (χ0v) is 21.2. The molecule has 36 heavy (non-hydrogen) atoms. The van der Waals surface area contributed by atoms with Gasteiger partial charge in [-0.3, -0.25) is 0 Å². The number of anilines is 1. The molecular weight excluding hydrogens is 491 g/mol. The molecule has 1 fully saturated rings. The van der Waals surface area contributed by atoms with Gasteiger partial charge in [-0.15, -0.1) is 0 Å². The molecule has 2 unspecified atom stereocenters. The normalized spacial score (nSPS) is 20.1. The molecule has 1 aromatic heterocycles. The maximum Gasteiger partial charge on any atom is 0.416 e. The summed E-state index contributed by atoms with van der Waals surface area (Å²) in [5.74, 6) is 1.11. The SMILES string of the molecule is CCCC(=NC1=C(C)C2OC2N(CCC)C(Cl)=N1)c1ccc(NCc2cccc(C(F)(F)F)c2)nc1. The number of amidine groups is 1. The molecule has 1 N–H and O–H groups in total. The highest BCUT2D eigenvalue weighted by molar-refractivity contribution is 6.64. The Morgan fingerprint density at radius 2 is 2.00 bits per heavy atom. The van der Waals surface area contributed by atoms with Crippen LogP contribution in [0.4, 0.5) is 19.0 Å². The minimum Gasteiger partial charge on any atom is -0.366 e. The van der Waals surface area contributed by atoms with Crippen LogP contribution < -0.4 is 5.32 Å². The van der Waals surface area contributed by atoms with Gasteiger partial charge in [0.2, 0.25) is 5.29 Å². The highest BCUT2D eigenvalue weighted by Gasteiger charge is 2.48. The second kappa shape index (κ2) is 11.0. The Kier molecular flexibility index (Phi) is 8.00. The molecule has 0 aliphatic carbocycles. The van der Waals surface area contributed by atoms with Crippen molar-refractivity contribution in [1.29, 1.82) is 0 Å². The number of hydrogen-bond acceptors (Lipinski definition) is 6. The average molecular weight is 520 g/mol. The molecule has 0 spiro atoms. The van der Waals surface area contributed by atoms with E-state index in [-0.39, 0.29) is 18.9 Å². The van der Waals surface area contributed by atoms with Gasteiger partial charge in [-0.2, -0.15) is 13.2 Å². The van der Waals surface area contributed by atoms with E-state index in [1.165, 1.54) is 6.07 Å². The second-order valence-corrected chi connectivity index (χ2v) is 9.16. The van der Waals surface area contributed by atoms with Crippen molar-refractivity contribution >= 4 is 28.4 Å². The van der Waals surface area contributed by atoms with Crippen molar-refractivity contribution in [3.8, 4) is 0 Å². The number of nitrogens with zero attached hydrogens (tertiary/aromatic N) is 4. The topological polar surface area (TPSA) is 65.4 Å². The Labute approximate surface area is 213 Å². The summed E-state index contributed by atoms with van der Waals surface area (Å²) in [6.45, 7) is 7.10. The monoisotopic (exact) mass is 519 g/mol. The molecule has 1 saturated heterocycles. The highest BCUT2D eigenvalue weighted by atomic mass is 35.5. The summed E-state index contributed by atoms with van der Waals surface area (Å²) < 4.78 is 44.7. The third-order valence-electron chi connectivity index (χ3n) is 6.01. The number of benzene rings is 1. The van der Waals surface area contributed by atoms with Crippen molar-refractivity contribution in [2.75, 3.05) is 11.9 Å². The number of aliphatic imine (C=N–C) groups is 2. The predicted molar refractivity (Wildman–Crippen MR) is 136 cm³/mol. The van der Waals surface area contributed by atoms with Crippen LogP contribution in [0.3, 0.4) is 0 Å². The van der Waals surface area contributed by atoms with Gasteiger partial charge in [-0.25, -0.2) is 15.0 Å². The quantitative estimate of drug-likeness (QED) is 0.231. The molecule has 1 aromatic carbocycles. The molecule has 0 saturated carbocycles. The summed E-state index contributed by atoms with van der Waals surface area (Å²) in [7, 11) is 0. The number of hydrogen-bond donors (Lipinski definition) is 1. The average Bonchev–Trinajstić information content (AvgIpc) is 3.65. The molecular formula is C26H29ClF3N5O. The summed E-state index contributed by atoms with van der Waals surface area (Å²) >= 11 is 6.50. The molecule has 3 heterocycles. The number of pyridine rings is 1. The fourth-order valence-corrected chi connectivity index (χ4v) is 4.31. The van der Waals surface area contributed by atoms with E-state index in [0.29, 0.717) is 22.5 Å². The molecule has 2 aliphatic rings. The van der Waals surface area contributed by atoms with Crippen LogP contribution in [0.5, 0.6) is 0 Å². The molecule has 10 heteroatoms. The molecule has 0 radical (unpaired) electrons. The first-order chi connectivity index (χ1) is 17.2. The number of epoxide rings is 1. The fourth-order valence-electron chi connectivity index (χ4n) is 4.05. The first kappa shape index (κ1) is 26.2. The number of alkyl halides is 3. The number of fused-ring (bicyclic) bond motifs is 1. The van der Waals surface area contributed by atoms with Crippen LogP contribution in [-0.2, 0) is 17.5 Å². The summed E-state index contributed by atoms with van der Waals surface area (Å²) in [5.41, 5.74) is 2.47. The van der Waals surface area contributed by atoms with Gasteiger partial charge >= 0.3 is 6.18 Å². The highest BCUT2D eigenvalue weighted by Crippen LogP contribution is 2.38. The van der Waals surface area contributed by atoms with E-state index >= 15 is 0 Å². The molecule has 192 valence electrons. The number of rotatable bonds is 9. The van der Waals surface area contributed by atoms with E-state index in [2.05, 4.69) is 29.1 Å². The standard InChI is InChI=1S/C26H29ClF3N5O/c1-4-7-20(33-23-16(3)22-24(36-22)35(12-5-2)25(27)34-23)18-10-11-21(32-15-18)31-14-17-8-6-9-19(13-17)26(28,29)30/h6,8-11,13,15,22,24H,4-5,7,12,14H2,1-3H3,(H,31,32).